The van der Waals surface area contributed by atoms with Gasteiger partial charge in [0.25, 0.3) is 0 Å². The molecule has 3 heteroatoms. The highest BCUT2D eigenvalue weighted by Gasteiger charge is 2.38. The highest BCUT2D eigenvalue weighted by atomic mass is 16.5. The minimum Gasteiger partial charge on any atom is -0.369 e. The Morgan fingerprint density at radius 3 is 2.52 bits per heavy atom. The maximum atomic E-state index is 12.5. The van der Waals surface area contributed by atoms with Gasteiger partial charge in [0.1, 0.15) is 6.10 Å². The van der Waals surface area contributed by atoms with Crippen LogP contribution in [-0.2, 0) is 9.53 Å². The van der Waals surface area contributed by atoms with Gasteiger partial charge in [-0.2, -0.15) is 0 Å². The second-order valence-corrected chi connectivity index (χ2v) is 7.13. The zero-order valence-corrected chi connectivity index (χ0v) is 13.8. The molecule has 0 radical (unpaired) electrons. The Morgan fingerprint density at radius 2 is 1.95 bits per heavy atom. The molecule has 0 aromatic heterocycles. The molecule has 21 heavy (non-hydrogen) atoms. The number of nitrogens with zero attached hydrogens (tertiary/aromatic N) is 1. The first-order chi connectivity index (χ1) is 9.79. The first-order valence-corrected chi connectivity index (χ1v) is 7.78. The van der Waals surface area contributed by atoms with Crippen LogP contribution in [0.3, 0.4) is 0 Å². The van der Waals surface area contributed by atoms with Crippen molar-refractivity contribution in [3.05, 3.63) is 35.4 Å². The number of amides is 1. The van der Waals surface area contributed by atoms with Gasteiger partial charge >= 0.3 is 0 Å². The zero-order chi connectivity index (χ0) is 15.6. The van der Waals surface area contributed by atoms with Gasteiger partial charge in [-0.15, -0.1) is 0 Å². The summed E-state index contributed by atoms with van der Waals surface area (Å²) in [6, 6.07) is 8.39. The van der Waals surface area contributed by atoms with Crippen molar-refractivity contribution in [2.24, 2.45) is 5.92 Å². The maximum Gasteiger partial charge on any atom is 0.223 e. The van der Waals surface area contributed by atoms with E-state index in [4.69, 9.17) is 4.74 Å². The molecule has 0 bridgehead atoms. The fourth-order valence-corrected chi connectivity index (χ4v) is 2.73. The molecule has 2 rings (SSSR count). The molecule has 1 aromatic rings. The lowest BCUT2D eigenvalue weighted by molar-refractivity contribution is -0.155. The van der Waals surface area contributed by atoms with Crippen molar-refractivity contribution in [2.75, 3.05) is 13.2 Å². The van der Waals surface area contributed by atoms with Crippen molar-refractivity contribution in [3.63, 3.8) is 0 Å². The molecular weight excluding hydrogens is 262 g/mol. The Bertz CT molecular complexity index is 490. The molecule has 1 atom stereocenters. The fraction of sp³-hybridized carbons (Fsp3) is 0.611. The van der Waals surface area contributed by atoms with E-state index in [9.17, 15) is 4.79 Å². The van der Waals surface area contributed by atoms with Crippen LogP contribution < -0.4 is 0 Å². The number of aryl methyl sites for hydroxylation is 1. The Labute approximate surface area is 128 Å². The summed E-state index contributed by atoms with van der Waals surface area (Å²) in [5.41, 5.74) is 2.16. The third kappa shape index (κ3) is 3.85. The van der Waals surface area contributed by atoms with Gasteiger partial charge in [-0.3, -0.25) is 4.79 Å². The second kappa shape index (κ2) is 6.18. The lowest BCUT2D eigenvalue weighted by Gasteiger charge is -2.45. The van der Waals surface area contributed by atoms with Crippen LogP contribution in [0.2, 0.25) is 0 Å². The number of morpholine rings is 1. The van der Waals surface area contributed by atoms with E-state index in [1.165, 1.54) is 5.56 Å². The van der Waals surface area contributed by atoms with Gasteiger partial charge in [0.05, 0.1) is 18.7 Å². The van der Waals surface area contributed by atoms with Gasteiger partial charge < -0.3 is 9.64 Å². The summed E-state index contributed by atoms with van der Waals surface area (Å²) in [5, 5.41) is 0. The van der Waals surface area contributed by atoms with E-state index < -0.39 is 0 Å². The van der Waals surface area contributed by atoms with Gasteiger partial charge in [-0.1, -0.05) is 43.7 Å². The topological polar surface area (TPSA) is 29.5 Å². The van der Waals surface area contributed by atoms with Crippen LogP contribution >= 0.6 is 0 Å². The van der Waals surface area contributed by atoms with E-state index in [1.54, 1.807) is 0 Å². The van der Waals surface area contributed by atoms with E-state index in [1.807, 2.05) is 4.90 Å². The second-order valence-electron chi connectivity index (χ2n) is 7.13. The fourth-order valence-electron chi connectivity index (χ4n) is 2.73. The van der Waals surface area contributed by atoms with Crippen molar-refractivity contribution < 1.29 is 9.53 Å². The highest BCUT2D eigenvalue weighted by Crippen LogP contribution is 2.31. The number of carbonyl (C=O) groups excluding carboxylic acids is 1. The summed E-state index contributed by atoms with van der Waals surface area (Å²) < 4.78 is 6.01. The third-order valence-corrected chi connectivity index (χ3v) is 4.05. The molecular formula is C18H27NO2. The van der Waals surface area contributed by atoms with Gasteiger partial charge in [0.2, 0.25) is 5.91 Å². The number of hydrogen-bond donors (Lipinski definition) is 0. The van der Waals surface area contributed by atoms with E-state index in [2.05, 4.69) is 58.9 Å². The van der Waals surface area contributed by atoms with Crippen molar-refractivity contribution in [1.82, 2.24) is 4.90 Å². The Hall–Kier alpha value is -1.35. The highest BCUT2D eigenvalue weighted by molar-refractivity contribution is 5.77. The van der Waals surface area contributed by atoms with Crippen molar-refractivity contribution in [1.29, 1.82) is 0 Å². The summed E-state index contributed by atoms with van der Waals surface area (Å²) in [4.78, 5) is 14.5. The molecule has 3 nitrogen and oxygen atoms in total. The largest absolute Gasteiger partial charge is 0.369 e. The van der Waals surface area contributed by atoms with Crippen LogP contribution in [0.25, 0.3) is 0 Å². The quantitative estimate of drug-likeness (QED) is 0.848. The molecule has 1 aliphatic heterocycles. The minimum absolute atomic E-state index is 0.0188. The molecule has 1 aromatic carbocycles. The van der Waals surface area contributed by atoms with Crippen molar-refractivity contribution in [3.8, 4) is 0 Å². The Morgan fingerprint density at radius 1 is 1.33 bits per heavy atom. The van der Waals surface area contributed by atoms with Gasteiger partial charge in [-0.05, 0) is 32.3 Å². The monoisotopic (exact) mass is 289 g/mol. The van der Waals surface area contributed by atoms with Crippen LogP contribution in [0, 0.1) is 12.8 Å². The summed E-state index contributed by atoms with van der Waals surface area (Å²) in [5.74, 6) is 0.615. The standard InChI is InChI=1S/C18H27NO2/c1-13(2)10-17(20)19-11-16(21-12-18(19,4)5)15-8-6-14(3)7-9-15/h6-9,13,16H,10-12H2,1-5H3. The number of ether oxygens (including phenoxy) is 1. The Balaban J connectivity index is 2.15. The minimum atomic E-state index is -0.229. The van der Waals surface area contributed by atoms with E-state index in [0.717, 1.165) is 5.56 Å². The molecule has 1 heterocycles. The number of carbonyl (C=O) groups is 1. The predicted molar refractivity (Wildman–Crippen MR) is 85.1 cm³/mol. The van der Waals surface area contributed by atoms with Crippen LogP contribution in [0.5, 0.6) is 0 Å². The molecule has 1 unspecified atom stereocenters. The van der Waals surface area contributed by atoms with E-state index >= 15 is 0 Å². The van der Waals surface area contributed by atoms with Crippen molar-refractivity contribution >= 4 is 5.91 Å². The van der Waals surface area contributed by atoms with Gasteiger partial charge in [0.15, 0.2) is 0 Å². The summed E-state index contributed by atoms with van der Waals surface area (Å²) in [7, 11) is 0. The van der Waals surface area contributed by atoms with Crippen LogP contribution in [0.1, 0.15) is 51.3 Å². The molecule has 116 valence electrons. The summed E-state index contributed by atoms with van der Waals surface area (Å²) >= 11 is 0. The molecule has 0 N–H and O–H groups in total. The van der Waals surface area contributed by atoms with E-state index in [0.29, 0.717) is 25.5 Å². The molecule has 1 fully saturated rings. The van der Waals surface area contributed by atoms with Crippen LogP contribution in [-0.4, -0.2) is 29.5 Å². The number of rotatable bonds is 3. The smallest absolute Gasteiger partial charge is 0.223 e. The van der Waals surface area contributed by atoms with Crippen LogP contribution in [0.4, 0.5) is 0 Å². The van der Waals surface area contributed by atoms with Gasteiger partial charge in [-0.25, -0.2) is 0 Å². The normalized spacial score (nSPS) is 21.6. The lowest BCUT2D eigenvalue weighted by atomic mass is 9.96. The SMILES string of the molecule is Cc1ccc(C2CN(C(=O)CC(C)C)C(C)(C)CO2)cc1. The predicted octanol–water partition coefficient (Wildman–Crippen LogP) is 3.72. The molecule has 1 amide bonds. The molecule has 0 saturated carbocycles. The van der Waals surface area contributed by atoms with Crippen LogP contribution in [0.15, 0.2) is 24.3 Å². The molecule has 0 aliphatic carbocycles. The average molecular weight is 289 g/mol. The summed E-state index contributed by atoms with van der Waals surface area (Å²) in [6.07, 6.45) is 0.582. The molecule has 1 aliphatic rings. The first-order valence-electron chi connectivity index (χ1n) is 7.78. The number of hydrogen-bond acceptors (Lipinski definition) is 2. The first kappa shape index (κ1) is 16.0. The number of benzene rings is 1. The molecule has 1 saturated heterocycles. The average Bonchev–Trinajstić information content (AvgIpc) is 2.38. The zero-order valence-electron chi connectivity index (χ0n) is 13.8. The van der Waals surface area contributed by atoms with E-state index in [-0.39, 0.29) is 17.6 Å². The third-order valence-electron chi connectivity index (χ3n) is 4.05. The van der Waals surface area contributed by atoms with Gasteiger partial charge in [0, 0.05) is 6.42 Å². The maximum absolute atomic E-state index is 12.5. The lowest BCUT2D eigenvalue weighted by Crippen LogP contribution is -2.56. The Kier molecular flexibility index (Phi) is 4.72. The molecule has 0 spiro atoms. The van der Waals surface area contributed by atoms with Crippen molar-refractivity contribution in [2.45, 2.75) is 52.7 Å². The summed E-state index contributed by atoms with van der Waals surface area (Å²) in [6.45, 7) is 11.6.